The van der Waals surface area contributed by atoms with Crippen molar-refractivity contribution in [2.24, 2.45) is 5.41 Å². The third-order valence-corrected chi connectivity index (χ3v) is 9.82. The molecule has 1 aliphatic heterocycles. The van der Waals surface area contributed by atoms with Crippen LogP contribution in [0.5, 0.6) is 0 Å². The van der Waals surface area contributed by atoms with E-state index in [1.807, 2.05) is 39.8 Å². The van der Waals surface area contributed by atoms with Crippen molar-refractivity contribution in [3.05, 3.63) is 29.6 Å². The van der Waals surface area contributed by atoms with Crippen molar-refractivity contribution in [2.45, 2.75) is 89.1 Å². The van der Waals surface area contributed by atoms with Crippen LogP contribution >= 0.6 is 0 Å². The predicted octanol–water partition coefficient (Wildman–Crippen LogP) is 5.11. The van der Waals surface area contributed by atoms with Crippen LogP contribution in [-0.2, 0) is 9.84 Å². The van der Waals surface area contributed by atoms with Gasteiger partial charge < -0.3 is 5.73 Å². The van der Waals surface area contributed by atoms with Crippen LogP contribution in [0.15, 0.2) is 18.2 Å². The molecule has 5 heteroatoms. The lowest BCUT2D eigenvalue weighted by molar-refractivity contribution is 0.334. The zero-order chi connectivity index (χ0) is 20.3. The second-order valence-electron chi connectivity index (χ2n) is 10.4. The summed E-state index contributed by atoms with van der Waals surface area (Å²) in [6.45, 7) is 12.0. The van der Waals surface area contributed by atoms with Gasteiger partial charge in [0.2, 0.25) is 0 Å². The zero-order valence-electron chi connectivity index (χ0n) is 17.6. The van der Waals surface area contributed by atoms with Crippen molar-refractivity contribution < 1.29 is 8.42 Å². The van der Waals surface area contributed by atoms with E-state index in [0.29, 0.717) is 23.9 Å². The Morgan fingerprint density at radius 1 is 1.04 bits per heavy atom. The molecule has 0 amide bonds. The summed E-state index contributed by atoms with van der Waals surface area (Å²) in [5.74, 6) is 0.124. The Kier molecular flexibility index (Phi) is 4.78. The molecule has 27 heavy (non-hydrogen) atoms. The van der Waals surface area contributed by atoms with Gasteiger partial charge in [-0.1, -0.05) is 19.9 Å². The highest BCUT2D eigenvalue weighted by Crippen LogP contribution is 2.48. The molecular formula is C22H34N2O2S. The third-order valence-electron chi connectivity index (χ3n) is 6.57. The molecule has 1 aromatic rings. The predicted molar refractivity (Wildman–Crippen MR) is 113 cm³/mol. The molecule has 0 unspecified atom stereocenters. The van der Waals surface area contributed by atoms with Gasteiger partial charge in [0.1, 0.15) is 0 Å². The summed E-state index contributed by atoms with van der Waals surface area (Å²) >= 11 is 0. The van der Waals surface area contributed by atoms with Crippen LogP contribution in [0.1, 0.15) is 91.0 Å². The topological polar surface area (TPSA) is 73.0 Å². The van der Waals surface area contributed by atoms with Crippen molar-refractivity contribution >= 4 is 21.1 Å². The van der Waals surface area contributed by atoms with E-state index in [0.717, 1.165) is 30.7 Å². The van der Waals surface area contributed by atoms with Gasteiger partial charge in [-0.05, 0) is 82.9 Å². The Balaban J connectivity index is 1.97. The highest BCUT2D eigenvalue weighted by atomic mass is 32.2. The summed E-state index contributed by atoms with van der Waals surface area (Å²) in [5.41, 5.74) is 10.4. The molecule has 3 rings (SSSR count). The van der Waals surface area contributed by atoms with E-state index < -0.39 is 19.3 Å². The fraction of sp³-hybridized carbons (Fsp3) is 0.682. The Morgan fingerprint density at radius 2 is 1.63 bits per heavy atom. The van der Waals surface area contributed by atoms with Crippen molar-refractivity contribution in [3.8, 4) is 0 Å². The maximum atomic E-state index is 12.9. The Hall–Kier alpha value is -1.36. The molecule has 0 aromatic carbocycles. The van der Waals surface area contributed by atoms with E-state index >= 15 is 0 Å². The molecule has 0 atom stereocenters. The first-order valence-corrected chi connectivity index (χ1v) is 11.4. The van der Waals surface area contributed by atoms with E-state index in [-0.39, 0.29) is 5.92 Å². The molecule has 1 saturated heterocycles. The van der Waals surface area contributed by atoms with Crippen molar-refractivity contribution in [3.63, 3.8) is 0 Å². The number of hydrogen-bond donors (Lipinski definition) is 1. The van der Waals surface area contributed by atoms with E-state index in [4.69, 9.17) is 10.7 Å². The lowest BCUT2D eigenvalue weighted by Crippen LogP contribution is -2.51. The highest BCUT2D eigenvalue weighted by Gasteiger charge is 2.52. The van der Waals surface area contributed by atoms with Crippen LogP contribution in [-0.4, -0.2) is 22.9 Å². The average Bonchev–Trinajstić information content (AvgIpc) is 2.53. The number of nitrogens with zero attached hydrogens (tertiary/aromatic N) is 1. The van der Waals surface area contributed by atoms with Gasteiger partial charge in [-0.2, -0.15) is 0 Å². The van der Waals surface area contributed by atoms with Gasteiger partial charge in [-0.15, -0.1) is 0 Å². The van der Waals surface area contributed by atoms with Crippen LogP contribution in [0, 0.1) is 5.41 Å². The first-order valence-electron chi connectivity index (χ1n) is 9.96. The molecule has 0 saturated carbocycles. The molecule has 0 bridgehead atoms. The minimum Gasteiger partial charge on any atom is -0.397 e. The Bertz CT molecular complexity index is 856. The number of nitrogen functional groups attached to an aromatic ring is 1. The lowest BCUT2D eigenvalue weighted by Gasteiger charge is -2.44. The first kappa shape index (κ1) is 20.4. The summed E-state index contributed by atoms with van der Waals surface area (Å²) in [5, 5.41) is 0. The fourth-order valence-electron chi connectivity index (χ4n) is 4.70. The standard InChI is InChI=1S/C22H34N2O2S/c1-20(2)11-9-15(10-12-20)19-17(23)7-8-18(24-19)16-13-21(3,4)27(25,26)22(5,6)14-16/h7-9,16H,10-14,23H2,1-6H3. The smallest absolute Gasteiger partial charge is 0.160 e. The van der Waals surface area contributed by atoms with Gasteiger partial charge in [0.25, 0.3) is 0 Å². The summed E-state index contributed by atoms with van der Waals surface area (Å²) in [6.07, 6.45) is 6.64. The summed E-state index contributed by atoms with van der Waals surface area (Å²) in [4.78, 5) is 4.96. The largest absolute Gasteiger partial charge is 0.397 e. The number of sulfone groups is 1. The summed E-state index contributed by atoms with van der Waals surface area (Å²) in [6, 6.07) is 3.93. The van der Waals surface area contributed by atoms with Crippen LogP contribution in [0.2, 0.25) is 0 Å². The van der Waals surface area contributed by atoms with E-state index in [1.54, 1.807) is 0 Å². The summed E-state index contributed by atoms with van der Waals surface area (Å²) < 4.78 is 24.3. The average molecular weight is 391 g/mol. The highest BCUT2D eigenvalue weighted by molar-refractivity contribution is 7.94. The molecule has 1 aromatic heterocycles. The molecule has 1 fully saturated rings. The minimum absolute atomic E-state index is 0.124. The number of anilines is 1. The minimum atomic E-state index is -3.20. The second kappa shape index (κ2) is 6.33. The maximum Gasteiger partial charge on any atom is 0.160 e. The number of nitrogens with two attached hydrogens (primary N) is 1. The maximum absolute atomic E-state index is 12.9. The number of aromatic nitrogens is 1. The van der Waals surface area contributed by atoms with Crippen LogP contribution in [0.3, 0.4) is 0 Å². The lowest BCUT2D eigenvalue weighted by atomic mass is 9.77. The van der Waals surface area contributed by atoms with Crippen molar-refractivity contribution in [1.29, 1.82) is 0 Å². The van der Waals surface area contributed by atoms with Gasteiger partial charge in [-0.25, -0.2) is 8.42 Å². The number of hydrogen-bond acceptors (Lipinski definition) is 4. The molecular weight excluding hydrogens is 356 g/mol. The zero-order valence-corrected chi connectivity index (χ0v) is 18.4. The number of rotatable bonds is 2. The van der Waals surface area contributed by atoms with Crippen molar-refractivity contribution in [2.75, 3.05) is 5.73 Å². The fourth-order valence-corrected chi connectivity index (χ4v) is 7.03. The van der Waals surface area contributed by atoms with Crippen LogP contribution in [0.4, 0.5) is 5.69 Å². The third kappa shape index (κ3) is 3.55. The van der Waals surface area contributed by atoms with E-state index in [9.17, 15) is 8.42 Å². The van der Waals surface area contributed by atoms with Gasteiger partial charge in [-0.3, -0.25) is 4.98 Å². The molecule has 1 aliphatic carbocycles. The van der Waals surface area contributed by atoms with Crippen LogP contribution < -0.4 is 5.73 Å². The number of allylic oxidation sites excluding steroid dienone is 2. The summed E-state index contributed by atoms with van der Waals surface area (Å²) in [7, 11) is -3.20. The van der Waals surface area contributed by atoms with Gasteiger partial charge in [0, 0.05) is 11.6 Å². The molecule has 0 spiro atoms. The van der Waals surface area contributed by atoms with Crippen molar-refractivity contribution in [1.82, 2.24) is 4.98 Å². The molecule has 4 nitrogen and oxygen atoms in total. The second-order valence-corrected chi connectivity index (χ2v) is 13.6. The van der Waals surface area contributed by atoms with Crippen LogP contribution in [0.25, 0.3) is 5.57 Å². The molecule has 0 radical (unpaired) electrons. The molecule has 150 valence electrons. The van der Waals surface area contributed by atoms with E-state index in [1.165, 1.54) is 5.57 Å². The molecule has 2 heterocycles. The van der Waals surface area contributed by atoms with Gasteiger partial charge in [0.05, 0.1) is 20.9 Å². The van der Waals surface area contributed by atoms with Gasteiger partial charge in [0.15, 0.2) is 9.84 Å². The van der Waals surface area contributed by atoms with Gasteiger partial charge >= 0.3 is 0 Å². The molecule has 2 aliphatic rings. The molecule has 2 N–H and O–H groups in total. The Labute approximate surface area is 164 Å². The monoisotopic (exact) mass is 390 g/mol. The first-order chi connectivity index (χ1) is 12.3. The Morgan fingerprint density at radius 3 is 2.15 bits per heavy atom. The normalized spacial score (nSPS) is 26.4. The quantitative estimate of drug-likeness (QED) is 0.762. The van der Waals surface area contributed by atoms with E-state index in [2.05, 4.69) is 19.9 Å². The number of pyridine rings is 1. The SMILES string of the molecule is CC1(C)CC=C(c2nc(C3CC(C)(C)S(=O)(=O)C(C)(C)C3)ccc2N)CC1.